The van der Waals surface area contributed by atoms with Gasteiger partial charge in [0.15, 0.2) is 0 Å². The Hall–Kier alpha value is -1.39. The number of aliphatic hydroxyl groups is 1. The standard InChI is InChI=1S/C12H11FO2S/c13-10-3-4-12(9(6-10)7-14)15-8-11-2-1-5-16-11/h1-6,14H,7-8H2. The van der Waals surface area contributed by atoms with Crippen molar-refractivity contribution < 1.29 is 14.2 Å². The van der Waals surface area contributed by atoms with Gasteiger partial charge in [0.25, 0.3) is 0 Å². The summed E-state index contributed by atoms with van der Waals surface area (Å²) in [6, 6.07) is 8.05. The molecule has 0 unspecified atom stereocenters. The number of thiophene rings is 1. The molecule has 0 aliphatic carbocycles. The number of halogens is 1. The topological polar surface area (TPSA) is 29.5 Å². The molecule has 16 heavy (non-hydrogen) atoms. The molecule has 0 spiro atoms. The van der Waals surface area contributed by atoms with Crippen LogP contribution in [0, 0.1) is 5.82 Å². The van der Waals surface area contributed by atoms with Crippen LogP contribution in [0.15, 0.2) is 35.7 Å². The number of hydrogen-bond donors (Lipinski definition) is 1. The molecule has 4 heteroatoms. The summed E-state index contributed by atoms with van der Waals surface area (Å²) in [7, 11) is 0. The van der Waals surface area contributed by atoms with Crippen LogP contribution in [-0.4, -0.2) is 5.11 Å². The molecule has 1 aromatic heterocycles. The molecule has 1 heterocycles. The smallest absolute Gasteiger partial charge is 0.125 e. The van der Waals surface area contributed by atoms with Crippen molar-refractivity contribution >= 4 is 11.3 Å². The van der Waals surface area contributed by atoms with Crippen LogP contribution in [0.3, 0.4) is 0 Å². The third-order valence-corrected chi connectivity index (χ3v) is 2.99. The average Bonchev–Trinajstić information content (AvgIpc) is 2.80. The third kappa shape index (κ3) is 2.59. The molecule has 0 aliphatic rings. The highest BCUT2D eigenvalue weighted by molar-refractivity contribution is 7.09. The lowest BCUT2D eigenvalue weighted by atomic mass is 10.2. The molecule has 0 fully saturated rings. The zero-order chi connectivity index (χ0) is 11.4. The summed E-state index contributed by atoms with van der Waals surface area (Å²) in [6.45, 7) is 0.216. The first-order chi connectivity index (χ1) is 7.79. The summed E-state index contributed by atoms with van der Waals surface area (Å²) in [4.78, 5) is 1.09. The molecule has 0 atom stereocenters. The van der Waals surface area contributed by atoms with E-state index in [1.54, 1.807) is 11.3 Å². The Morgan fingerprint density at radius 3 is 2.88 bits per heavy atom. The van der Waals surface area contributed by atoms with Gasteiger partial charge in [-0.3, -0.25) is 0 Å². The Balaban J connectivity index is 2.09. The van der Waals surface area contributed by atoms with Crippen LogP contribution >= 0.6 is 11.3 Å². The summed E-state index contributed by atoms with van der Waals surface area (Å²) in [6.07, 6.45) is 0. The highest BCUT2D eigenvalue weighted by Gasteiger charge is 2.05. The minimum Gasteiger partial charge on any atom is -0.488 e. The molecular weight excluding hydrogens is 227 g/mol. The van der Waals surface area contributed by atoms with Crippen molar-refractivity contribution in [3.05, 3.63) is 52.0 Å². The second kappa shape index (κ2) is 5.09. The summed E-state index contributed by atoms with van der Waals surface area (Å²) >= 11 is 1.60. The van der Waals surface area contributed by atoms with Crippen LogP contribution in [0.1, 0.15) is 10.4 Å². The Morgan fingerprint density at radius 1 is 1.31 bits per heavy atom. The molecule has 1 aromatic carbocycles. The van der Waals surface area contributed by atoms with E-state index in [2.05, 4.69) is 0 Å². The zero-order valence-corrected chi connectivity index (χ0v) is 9.34. The fourth-order valence-corrected chi connectivity index (χ4v) is 1.97. The van der Waals surface area contributed by atoms with E-state index >= 15 is 0 Å². The minimum absolute atomic E-state index is 0.225. The first-order valence-electron chi connectivity index (χ1n) is 4.84. The quantitative estimate of drug-likeness (QED) is 0.887. The molecule has 2 rings (SSSR count). The van der Waals surface area contributed by atoms with Crippen molar-refractivity contribution in [3.8, 4) is 5.75 Å². The Kier molecular flexibility index (Phi) is 3.54. The molecule has 0 aliphatic heterocycles. The largest absolute Gasteiger partial charge is 0.488 e. The van der Waals surface area contributed by atoms with Crippen molar-refractivity contribution in [2.75, 3.05) is 0 Å². The lowest BCUT2D eigenvalue weighted by molar-refractivity contribution is 0.259. The van der Waals surface area contributed by atoms with Crippen molar-refractivity contribution in [1.29, 1.82) is 0 Å². The normalized spacial score (nSPS) is 10.4. The van der Waals surface area contributed by atoms with Gasteiger partial charge in [-0.05, 0) is 29.6 Å². The maximum atomic E-state index is 12.9. The lowest BCUT2D eigenvalue weighted by Crippen LogP contribution is -1.97. The van der Waals surface area contributed by atoms with Gasteiger partial charge in [0.2, 0.25) is 0 Å². The summed E-state index contributed by atoms with van der Waals surface area (Å²) in [5, 5.41) is 11.0. The van der Waals surface area contributed by atoms with Gasteiger partial charge >= 0.3 is 0 Å². The van der Waals surface area contributed by atoms with Crippen LogP contribution in [0.25, 0.3) is 0 Å². The highest BCUT2D eigenvalue weighted by atomic mass is 32.1. The number of hydrogen-bond acceptors (Lipinski definition) is 3. The first-order valence-corrected chi connectivity index (χ1v) is 5.72. The van der Waals surface area contributed by atoms with E-state index in [0.717, 1.165) is 4.88 Å². The number of rotatable bonds is 4. The van der Waals surface area contributed by atoms with Crippen molar-refractivity contribution in [2.24, 2.45) is 0 Å². The number of benzene rings is 1. The predicted octanol–water partition coefficient (Wildman–Crippen LogP) is 2.96. The van der Waals surface area contributed by atoms with Gasteiger partial charge in [0, 0.05) is 10.4 Å². The molecule has 0 amide bonds. The maximum Gasteiger partial charge on any atom is 0.125 e. The van der Waals surface area contributed by atoms with E-state index < -0.39 is 0 Å². The van der Waals surface area contributed by atoms with Gasteiger partial charge in [-0.25, -0.2) is 4.39 Å². The molecular formula is C12H11FO2S. The molecule has 0 saturated carbocycles. The zero-order valence-electron chi connectivity index (χ0n) is 8.52. The van der Waals surface area contributed by atoms with E-state index in [1.807, 2.05) is 17.5 Å². The van der Waals surface area contributed by atoms with E-state index in [-0.39, 0.29) is 12.4 Å². The van der Waals surface area contributed by atoms with Crippen molar-refractivity contribution in [3.63, 3.8) is 0 Å². The summed E-state index contributed by atoms with van der Waals surface area (Å²) < 4.78 is 18.4. The van der Waals surface area contributed by atoms with Crippen LogP contribution in [0.2, 0.25) is 0 Å². The molecule has 2 aromatic rings. The predicted molar refractivity (Wildman–Crippen MR) is 61.0 cm³/mol. The van der Waals surface area contributed by atoms with Crippen LogP contribution in [0.4, 0.5) is 4.39 Å². The second-order valence-corrected chi connectivity index (χ2v) is 4.31. The van der Waals surface area contributed by atoms with E-state index in [0.29, 0.717) is 17.9 Å². The molecule has 0 saturated heterocycles. The summed E-state index contributed by atoms with van der Waals surface area (Å²) in [5.41, 5.74) is 0.469. The Morgan fingerprint density at radius 2 is 2.19 bits per heavy atom. The molecule has 1 N–H and O–H groups in total. The lowest BCUT2D eigenvalue weighted by Gasteiger charge is -2.08. The van der Waals surface area contributed by atoms with Crippen LogP contribution in [0.5, 0.6) is 5.75 Å². The number of ether oxygens (including phenoxy) is 1. The summed E-state index contributed by atoms with van der Waals surface area (Å²) in [5.74, 6) is 0.157. The molecule has 0 radical (unpaired) electrons. The van der Waals surface area contributed by atoms with Crippen molar-refractivity contribution in [2.45, 2.75) is 13.2 Å². The SMILES string of the molecule is OCc1cc(F)ccc1OCc1cccs1. The van der Waals surface area contributed by atoms with Gasteiger partial charge in [-0.1, -0.05) is 6.07 Å². The fourth-order valence-electron chi connectivity index (χ4n) is 1.36. The third-order valence-electron chi connectivity index (χ3n) is 2.14. The van der Waals surface area contributed by atoms with Gasteiger partial charge in [0.05, 0.1) is 6.61 Å². The monoisotopic (exact) mass is 238 g/mol. The van der Waals surface area contributed by atoms with Gasteiger partial charge in [-0.2, -0.15) is 0 Å². The Labute approximate surface area is 96.9 Å². The second-order valence-electron chi connectivity index (χ2n) is 3.28. The maximum absolute atomic E-state index is 12.9. The molecule has 84 valence electrons. The van der Waals surface area contributed by atoms with Crippen molar-refractivity contribution in [1.82, 2.24) is 0 Å². The van der Waals surface area contributed by atoms with E-state index in [4.69, 9.17) is 9.84 Å². The first kappa shape index (κ1) is 11.1. The highest BCUT2D eigenvalue weighted by Crippen LogP contribution is 2.21. The minimum atomic E-state index is -0.368. The fraction of sp³-hybridized carbons (Fsp3) is 0.167. The average molecular weight is 238 g/mol. The molecule has 0 bridgehead atoms. The van der Waals surface area contributed by atoms with Gasteiger partial charge < -0.3 is 9.84 Å². The van der Waals surface area contributed by atoms with E-state index in [9.17, 15) is 4.39 Å². The van der Waals surface area contributed by atoms with Gasteiger partial charge in [-0.15, -0.1) is 11.3 Å². The number of aliphatic hydroxyl groups excluding tert-OH is 1. The van der Waals surface area contributed by atoms with E-state index in [1.165, 1.54) is 18.2 Å². The van der Waals surface area contributed by atoms with Gasteiger partial charge in [0.1, 0.15) is 18.2 Å². The molecule has 2 nitrogen and oxygen atoms in total. The van der Waals surface area contributed by atoms with Crippen LogP contribution in [-0.2, 0) is 13.2 Å². The van der Waals surface area contributed by atoms with Crippen LogP contribution < -0.4 is 4.74 Å². The Bertz CT molecular complexity index is 454.